The second-order valence-corrected chi connectivity index (χ2v) is 2.60. The molecule has 6 heavy (non-hydrogen) atoms. The summed E-state index contributed by atoms with van der Waals surface area (Å²) in [6.45, 7) is 0.965. The van der Waals surface area contributed by atoms with E-state index in [9.17, 15) is 0 Å². The molecule has 0 amide bonds. The number of hydrogen-bond donors (Lipinski definition) is 3. The van der Waals surface area contributed by atoms with E-state index in [-0.39, 0.29) is 23.1 Å². The van der Waals surface area contributed by atoms with Gasteiger partial charge >= 0.3 is 7.94 Å². The van der Waals surface area contributed by atoms with Crippen LogP contribution in [0.4, 0.5) is 0 Å². The van der Waals surface area contributed by atoms with Gasteiger partial charge in [-0.1, -0.05) is 0 Å². The highest BCUT2D eigenvalue weighted by atomic mass is 31.2. The smallest absolute Gasteiger partial charge is 0.193 e. The van der Waals surface area contributed by atoms with Gasteiger partial charge in [-0.05, 0) is 0 Å². The second-order valence-electron chi connectivity index (χ2n) is 0.868. The predicted molar refractivity (Wildman–Crippen MR) is 25.3 cm³/mol. The summed E-state index contributed by atoms with van der Waals surface area (Å²) in [5, 5.41) is 0. The third-order valence-corrected chi connectivity index (χ3v) is 0. The lowest BCUT2D eigenvalue weighted by Crippen LogP contribution is -1.78. The Bertz CT molecular complexity index is 26.3. The minimum absolute atomic E-state index is 0. The Balaban J connectivity index is 0. The van der Waals surface area contributed by atoms with Crippen LogP contribution in [0.5, 0.6) is 0 Å². The molecule has 0 aliphatic heterocycles. The molecule has 0 bridgehead atoms. The summed E-state index contributed by atoms with van der Waals surface area (Å²) in [4.78, 5) is 23.2. The van der Waals surface area contributed by atoms with Gasteiger partial charge in [-0.3, -0.25) is 0 Å². The normalized spacial score (nSPS) is 10.0. The molecule has 0 spiro atoms. The molecular weight excluding hydrogens is 115 g/mol. The van der Waals surface area contributed by atoms with E-state index in [0.29, 0.717) is 0 Å². The highest BCUT2D eigenvalue weighted by Gasteiger charge is 2.17. The lowest BCUT2D eigenvalue weighted by atomic mass is 12.0. The highest BCUT2D eigenvalue weighted by Crippen LogP contribution is 2.38. The molecule has 0 aliphatic carbocycles. The molecule has 0 saturated carbocycles. The molecule has 34 valence electrons. The molecule has 0 fully saturated rings. The van der Waals surface area contributed by atoms with E-state index in [1.54, 1.807) is 0 Å². The number of rotatable bonds is 0. The number of hydrogen-bond acceptors (Lipinski definition) is 3. The van der Waals surface area contributed by atoms with Crippen molar-refractivity contribution in [3.63, 3.8) is 0 Å². The Labute approximate surface area is 52.7 Å². The third kappa shape index (κ3) is 72.8. The van der Waals surface area contributed by atoms with Crippen LogP contribution in [-0.4, -0.2) is 44.4 Å². The summed E-state index contributed by atoms with van der Waals surface area (Å²) >= 11 is 0. The Morgan fingerprint density at radius 3 is 1.17 bits per heavy atom. The van der Waals surface area contributed by atoms with E-state index in [0.717, 1.165) is 6.66 Å². The molecule has 0 heterocycles. The first-order valence-corrected chi connectivity index (χ1v) is 3.14. The maximum Gasteiger partial charge on any atom is 0.400 e. The van der Waals surface area contributed by atoms with E-state index < -0.39 is 7.94 Å². The zero-order valence-electron chi connectivity index (χ0n) is 3.50. The van der Waals surface area contributed by atoms with Crippen LogP contribution >= 0.6 is 7.94 Å². The summed E-state index contributed by atoms with van der Waals surface area (Å²) in [6, 6.07) is 0. The minimum atomic E-state index is -3.39. The average molecular weight is 121 g/mol. The van der Waals surface area contributed by atoms with Gasteiger partial charge in [0.05, 0.1) is 0 Å². The molecule has 0 aromatic carbocycles. The van der Waals surface area contributed by atoms with Crippen molar-refractivity contribution in [1.29, 1.82) is 0 Å². The van der Waals surface area contributed by atoms with Crippen molar-refractivity contribution < 1.29 is 14.7 Å². The van der Waals surface area contributed by atoms with Crippen molar-refractivity contribution in [1.82, 2.24) is 0 Å². The van der Waals surface area contributed by atoms with E-state index in [1.165, 1.54) is 0 Å². The van der Waals surface area contributed by atoms with E-state index in [2.05, 4.69) is 0 Å². The van der Waals surface area contributed by atoms with Crippen LogP contribution in [0, 0.1) is 0 Å². The fourth-order valence-electron chi connectivity index (χ4n) is 0. The Hall–Kier alpha value is 1.08. The van der Waals surface area contributed by atoms with Crippen LogP contribution in [-0.2, 0) is 0 Å². The first-order valence-electron chi connectivity index (χ1n) is 1.05. The van der Waals surface area contributed by atoms with E-state index in [4.69, 9.17) is 14.7 Å². The van der Waals surface area contributed by atoms with Gasteiger partial charge in [0.25, 0.3) is 0 Å². The molecule has 3 nitrogen and oxygen atoms in total. The summed E-state index contributed by atoms with van der Waals surface area (Å²) in [7, 11) is -3.39. The summed E-state index contributed by atoms with van der Waals surface area (Å²) < 4.78 is 0. The molecule has 0 aromatic heterocycles. The molecule has 3 N–H and O–H groups in total. The summed E-state index contributed by atoms with van der Waals surface area (Å²) in [6.07, 6.45) is 0. The fourth-order valence-corrected chi connectivity index (χ4v) is 0. The first kappa shape index (κ1) is 10.1. The van der Waals surface area contributed by atoms with Crippen molar-refractivity contribution >= 4 is 31.0 Å². The minimum Gasteiger partial charge on any atom is -0.193 e. The second kappa shape index (κ2) is 3.13. The van der Waals surface area contributed by atoms with Crippen LogP contribution in [0.15, 0.2) is 0 Å². The topological polar surface area (TPSA) is 60.7 Å². The fraction of sp³-hybridized carbons (Fsp3) is 1.00. The maximum absolute atomic E-state index is 7.74. The van der Waals surface area contributed by atoms with Crippen LogP contribution in [0.25, 0.3) is 0 Å². The van der Waals surface area contributed by atoms with Crippen molar-refractivity contribution in [2.45, 2.75) is 0 Å². The molecule has 0 saturated heterocycles. The average Bonchev–Trinajstić information content (AvgIpc) is 0.722. The SMILES string of the molecule is C[P+](O)(O)O.[Mg]. The third-order valence-electron chi connectivity index (χ3n) is 0. The Kier molecular flexibility index (Phi) is 5.28. The van der Waals surface area contributed by atoms with E-state index >= 15 is 0 Å². The van der Waals surface area contributed by atoms with E-state index in [1.807, 2.05) is 0 Å². The summed E-state index contributed by atoms with van der Waals surface area (Å²) in [5.74, 6) is 0. The van der Waals surface area contributed by atoms with Gasteiger partial charge in [0.15, 0.2) is 0 Å². The van der Waals surface area contributed by atoms with Gasteiger partial charge in [0, 0.05) is 23.1 Å². The van der Waals surface area contributed by atoms with Crippen molar-refractivity contribution in [3.05, 3.63) is 0 Å². The quantitative estimate of drug-likeness (QED) is 0.284. The lowest BCUT2D eigenvalue weighted by Gasteiger charge is -1.88. The largest absolute Gasteiger partial charge is 0.400 e. The first-order chi connectivity index (χ1) is 2.00. The van der Waals surface area contributed by atoms with Crippen LogP contribution in [0.1, 0.15) is 0 Å². The van der Waals surface area contributed by atoms with Gasteiger partial charge in [-0.2, -0.15) is 14.7 Å². The van der Waals surface area contributed by atoms with Crippen molar-refractivity contribution in [2.75, 3.05) is 6.66 Å². The Morgan fingerprint density at radius 2 is 1.17 bits per heavy atom. The van der Waals surface area contributed by atoms with Crippen LogP contribution < -0.4 is 0 Å². The molecule has 0 atom stereocenters. The molecule has 0 rings (SSSR count). The van der Waals surface area contributed by atoms with Gasteiger partial charge in [0.2, 0.25) is 0 Å². The molecule has 0 aliphatic rings. The van der Waals surface area contributed by atoms with Gasteiger partial charge < -0.3 is 0 Å². The molecule has 0 aromatic rings. The Morgan fingerprint density at radius 1 is 1.17 bits per heavy atom. The standard InChI is InChI=1S/CH6O3P.Mg/c1-5(2,3)4;/h2-4H,1H3;/q+1;. The molecule has 5 heteroatoms. The van der Waals surface area contributed by atoms with Gasteiger partial charge in [0.1, 0.15) is 6.66 Å². The van der Waals surface area contributed by atoms with Gasteiger partial charge in [-0.25, -0.2) is 0 Å². The van der Waals surface area contributed by atoms with Crippen molar-refractivity contribution in [3.8, 4) is 0 Å². The predicted octanol–water partition coefficient (Wildman–Crippen LogP) is -1.03. The maximum atomic E-state index is 7.74. The molecule has 2 radical (unpaired) electrons. The van der Waals surface area contributed by atoms with Crippen molar-refractivity contribution in [2.24, 2.45) is 0 Å². The van der Waals surface area contributed by atoms with Gasteiger partial charge in [-0.15, -0.1) is 0 Å². The molecular formula is CH6MgO3P+. The zero-order valence-corrected chi connectivity index (χ0v) is 5.80. The van der Waals surface area contributed by atoms with Crippen LogP contribution in [0.3, 0.4) is 0 Å². The lowest BCUT2D eigenvalue weighted by molar-refractivity contribution is 0.340. The molecule has 0 unspecified atom stereocenters. The highest BCUT2D eigenvalue weighted by molar-refractivity contribution is 7.57. The monoisotopic (exact) mass is 121 g/mol. The summed E-state index contributed by atoms with van der Waals surface area (Å²) in [5.41, 5.74) is 0. The zero-order chi connectivity index (χ0) is 4.50. The van der Waals surface area contributed by atoms with Crippen LogP contribution in [0.2, 0.25) is 0 Å².